The number of nitrogens with one attached hydrogen (secondary N) is 2. The zero-order valence-corrected chi connectivity index (χ0v) is 16.8. The third kappa shape index (κ3) is 6.64. The Morgan fingerprint density at radius 3 is 2.52 bits per heavy atom. The van der Waals surface area contributed by atoms with Crippen LogP contribution in [0.25, 0.3) is 0 Å². The molecule has 2 N–H and O–H groups in total. The molecule has 1 heterocycles. The fourth-order valence-electron chi connectivity index (χ4n) is 2.86. The summed E-state index contributed by atoms with van der Waals surface area (Å²) in [5.41, 5.74) is 1.78. The van der Waals surface area contributed by atoms with Gasteiger partial charge in [0.25, 0.3) is 0 Å². The van der Waals surface area contributed by atoms with Gasteiger partial charge >= 0.3 is 12.2 Å². The molecule has 8 heteroatoms. The largest absolute Gasteiger partial charge is 0.416 e. The Bertz CT molecular complexity index is 1090. The SMILES string of the molecule is Cc1nccn1Cc1cccc(CNC(=O)NCC#Cc2ccc(C(F)(F)F)cc2)c1. The molecular weight excluding hydrogens is 405 g/mol. The van der Waals surface area contributed by atoms with Crippen molar-refractivity contribution >= 4 is 6.03 Å². The van der Waals surface area contributed by atoms with Crippen LogP contribution in [0.4, 0.5) is 18.0 Å². The summed E-state index contributed by atoms with van der Waals surface area (Å²) in [6, 6.07) is 12.1. The molecule has 5 nitrogen and oxygen atoms in total. The van der Waals surface area contributed by atoms with Gasteiger partial charge in [0.2, 0.25) is 0 Å². The van der Waals surface area contributed by atoms with Crippen molar-refractivity contribution in [2.24, 2.45) is 0 Å². The first kappa shape index (κ1) is 22.0. The van der Waals surface area contributed by atoms with E-state index in [2.05, 4.69) is 27.5 Å². The number of urea groups is 1. The minimum atomic E-state index is -4.37. The van der Waals surface area contributed by atoms with E-state index in [1.54, 1.807) is 6.20 Å². The third-order valence-corrected chi connectivity index (χ3v) is 4.50. The average molecular weight is 426 g/mol. The van der Waals surface area contributed by atoms with Crippen LogP contribution in [0.5, 0.6) is 0 Å². The molecule has 3 aromatic rings. The minimum Gasteiger partial charge on any atom is -0.334 e. The van der Waals surface area contributed by atoms with E-state index < -0.39 is 11.7 Å². The first-order valence-corrected chi connectivity index (χ1v) is 9.54. The first-order valence-electron chi connectivity index (χ1n) is 9.54. The lowest BCUT2D eigenvalue weighted by atomic mass is 10.1. The number of carbonyl (C=O) groups is 1. The summed E-state index contributed by atoms with van der Waals surface area (Å²) in [6.45, 7) is 3.07. The number of rotatable bonds is 5. The molecule has 3 rings (SSSR count). The van der Waals surface area contributed by atoms with E-state index in [4.69, 9.17) is 0 Å². The fourth-order valence-corrected chi connectivity index (χ4v) is 2.86. The summed E-state index contributed by atoms with van der Waals surface area (Å²) in [4.78, 5) is 16.1. The predicted octanol–water partition coefficient (Wildman–Crippen LogP) is 4.11. The van der Waals surface area contributed by atoms with E-state index in [1.807, 2.05) is 42.0 Å². The lowest BCUT2D eigenvalue weighted by Crippen LogP contribution is -2.35. The van der Waals surface area contributed by atoms with Gasteiger partial charge in [0.15, 0.2) is 0 Å². The van der Waals surface area contributed by atoms with E-state index in [1.165, 1.54) is 12.1 Å². The third-order valence-electron chi connectivity index (χ3n) is 4.50. The van der Waals surface area contributed by atoms with E-state index in [0.29, 0.717) is 18.7 Å². The van der Waals surface area contributed by atoms with Gasteiger partial charge in [-0.25, -0.2) is 9.78 Å². The fraction of sp³-hybridized carbons (Fsp3) is 0.217. The molecule has 0 radical (unpaired) electrons. The van der Waals surface area contributed by atoms with Gasteiger partial charge in [-0.05, 0) is 42.3 Å². The maximum Gasteiger partial charge on any atom is 0.416 e. The smallest absolute Gasteiger partial charge is 0.334 e. The monoisotopic (exact) mass is 426 g/mol. The molecule has 0 saturated heterocycles. The Morgan fingerprint density at radius 1 is 1.10 bits per heavy atom. The highest BCUT2D eigenvalue weighted by Gasteiger charge is 2.29. The lowest BCUT2D eigenvalue weighted by Gasteiger charge is -2.09. The van der Waals surface area contributed by atoms with Crippen molar-refractivity contribution < 1.29 is 18.0 Å². The second-order valence-corrected chi connectivity index (χ2v) is 6.84. The van der Waals surface area contributed by atoms with Gasteiger partial charge in [-0.1, -0.05) is 36.1 Å². The molecule has 2 aromatic carbocycles. The Morgan fingerprint density at radius 2 is 1.84 bits per heavy atom. The summed E-state index contributed by atoms with van der Waals surface area (Å²) in [5.74, 6) is 6.37. The quantitative estimate of drug-likeness (QED) is 0.604. The van der Waals surface area contributed by atoms with Crippen LogP contribution in [0.15, 0.2) is 60.9 Å². The number of aryl methyl sites for hydroxylation is 1. The number of hydrogen-bond acceptors (Lipinski definition) is 2. The highest BCUT2D eigenvalue weighted by molar-refractivity contribution is 5.74. The summed E-state index contributed by atoms with van der Waals surface area (Å²) in [6.07, 6.45) is -0.700. The molecule has 0 spiro atoms. The molecule has 31 heavy (non-hydrogen) atoms. The number of benzene rings is 2. The number of halogens is 3. The number of hydrogen-bond donors (Lipinski definition) is 2. The van der Waals surface area contributed by atoms with E-state index in [-0.39, 0.29) is 12.6 Å². The Labute approximate surface area is 178 Å². The molecule has 0 aliphatic heterocycles. The standard InChI is InChI=1S/C23H21F3N4O/c1-17-27-12-13-30(17)16-20-5-2-4-19(14-20)15-29-22(31)28-11-3-6-18-7-9-21(10-8-18)23(24,25)26/h2,4-5,7-10,12-14H,11,15-16H2,1H3,(H2,28,29,31). The van der Waals surface area contributed by atoms with Crippen molar-refractivity contribution in [2.75, 3.05) is 6.54 Å². The number of amides is 2. The molecule has 2 amide bonds. The number of imidazole rings is 1. The van der Waals surface area contributed by atoms with E-state index in [9.17, 15) is 18.0 Å². The van der Waals surface area contributed by atoms with Crippen LogP contribution in [0.1, 0.15) is 28.1 Å². The van der Waals surface area contributed by atoms with Crippen molar-refractivity contribution in [1.29, 1.82) is 0 Å². The van der Waals surface area contributed by atoms with Crippen LogP contribution in [0.2, 0.25) is 0 Å². The van der Waals surface area contributed by atoms with Crippen molar-refractivity contribution in [2.45, 2.75) is 26.2 Å². The molecule has 0 bridgehead atoms. The highest BCUT2D eigenvalue weighted by Crippen LogP contribution is 2.28. The lowest BCUT2D eigenvalue weighted by molar-refractivity contribution is -0.137. The van der Waals surface area contributed by atoms with Gasteiger partial charge in [-0.15, -0.1) is 0 Å². The Balaban J connectivity index is 1.44. The molecule has 0 fully saturated rings. The normalized spacial score (nSPS) is 10.8. The van der Waals surface area contributed by atoms with E-state index >= 15 is 0 Å². The van der Waals surface area contributed by atoms with Crippen molar-refractivity contribution in [3.8, 4) is 11.8 Å². The predicted molar refractivity (Wildman–Crippen MR) is 111 cm³/mol. The second kappa shape index (κ2) is 9.85. The summed E-state index contributed by atoms with van der Waals surface area (Å²) in [7, 11) is 0. The second-order valence-electron chi connectivity index (χ2n) is 6.84. The molecule has 0 unspecified atom stereocenters. The molecule has 0 saturated carbocycles. The average Bonchev–Trinajstić information content (AvgIpc) is 3.14. The molecule has 0 aliphatic rings. The number of nitrogens with zero attached hydrogens (tertiary/aromatic N) is 2. The Hall–Kier alpha value is -3.73. The van der Waals surface area contributed by atoms with Gasteiger partial charge in [0.1, 0.15) is 5.82 Å². The Kier molecular flexibility index (Phi) is 6.98. The molecule has 0 atom stereocenters. The van der Waals surface area contributed by atoms with Gasteiger partial charge in [0, 0.05) is 31.0 Å². The zero-order chi connectivity index (χ0) is 22.3. The number of aromatic nitrogens is 2. The maximum absolute atomic E-state index is 12.5. The number of alkyl halides is 3. The number of carbonyl (C=O) groups excluding carboxylic acids is 1. The van der Waals surface area contributed by atoms with Gasteiger partial charge in [0.05, 0.1) is 12.1 Å². The van der Waals surface area contributed by atoms with Crippen molar-refractivity contribution in [1.82, 2.24) is 20.2 Å². The van der Waals surface area contributed by atoms with Crippen LogP contribution in [0.3, 0.4) is 0 Å². The van der Waals surface area contributed by atoms with E-state index in [0.717, 1.165) is 29.1 Å². The van der Waals surface area contributed by atoms with Crippen LogP contribution < -0.4 is 10.6 Å². The molecule has 1 aromatic heterocycles. The van der Waals surface area contributed by atoms with Crippen molar-refractivity contribution in [3.05, 3.63) is 89.0 Å². The molecule has 0 aliphatic carbocycles. The summed E-state index contributed by atoms with van der Waals surface area (Å²) >= 11 is 0. The first-order chi connectivity index (χ1) is 14.8. The van der Waals surface area contributed by atoms with Gasteiger partial charge in [-0.3, -0.25) is 0 Å². The van der Waals surface area contributed by atoms with Crippen LogP contribution in [-0.4, -0.2) is 22.1 Å². The summed E-state index contributed by atoms with van der Waals surface area (Å²) in [5, 5.41) is 5.36. The zero-order valence-electron chi connectivity index (χ0n) is 16.8. The van der Waals surface area contributed by atoms with Crippen LogP contribution >= 0.6 is 0 Å². The minimum absolute atomic E-state index is 0.0762. The highest BCUT2D eigenvalue weighted by atomic mass is 19.4. The van der Waals surface area contributed by atoms with Gasteiger partial charge < -0.3 is 15.2 Å². The van der Waals surface area contributed by atoms with Gasteiger partial charge in [-0.2, -0.15) is 13.2 Å². The topological polar surface area (TPSA) is 59.0 Å². The molecule has 160 valence electrons. The summed E-state index contributed by atoms with van der Waals surface area (Å²) < 4.78 is 39.7. The maximum atomic E-state index is 12.5. The molecular formula is C23H21F3N4O. The van der Waals surface area contributed by atoms with Crippen LogP contribution in [-0.2, 0) is 19.3 Å². The van der Waals surface area contributed by atoms with Crippen LogP contribution in [0, 0.1) is 18.8 Å². The van der Waals surface area contributed by atoms with Crippen molar-refractivity contribution in [3.63, 3.8) is 0 Å².